The molecule has 7 nitrogen and oxygen atoms in total. The number of sulfonamides is 1. The molecule has 1 atom stereocenters. The van der Waals surface area contributed by atoms with E-state index in [4.69, 9.17) is 0 Å². The Morgan fingerprint density at radius 2 is 1.40 bits per heavy atom. The number of hydrogen-bond acceptors (Lipinski definition) is 4. The second kappa shape index (κ2) is 13.9. The van der Waals surface area contributed by atoms with Gasteiger partial charge in [-0.25, -0.2) is 17.2 Å². The SMILES string of the molecule is CCNC(=O)[C@@H](Cc1ccccc1)N(Cc1ccccc1F)C(=O)CN(c1ccccc1)S(=O)(=O)c1ccc(F)cc1. The molecule has 0 unspecified atom stereocenters. The zero-order valence-corrected chi connectivity index (χ0v) is 23.8. The van der Waals surface area contributed by atoms with E-state index in [0.717, 1.165) is 34.1 Å². The van der Waals surface area contributed by atoms with E-state index in [0.29, 0.717) is 6.54 Å². The Morgan fingerprint density at radius 3 is 2.02 bits per heavy atom. The van der Waals surface area contributed by atoms with Crippen molar-refractivity contribution >= 4 is 27.5 Å². The van der Waals surface area contributed by atoms with Crippen LogP contribution in [0, 0.1) is 11.6 Å². The molecular weight excluding hydrogens is 560 g/mol. The molecule has 4 aromatic carbocycles. The highest BCUT2D eigenvalue weighted by Crippen LogP contribution is 2.25. The summed E-state index contributed by atoms with van der Waals surface area (Å²) >= 11 is 0. The Kier molecular flexibility index (Phi) is 10.0. The highest BCUT2D eigenvalue weighted by atomic mass is 32.2. The summed E-state index contributed by atoms with van der Waals surface area (Å²) in [5.41, 5.74) is 1.12. The summed E-state index contributed by atoms with van der Waals surface area (Å²) in [5.74, 6) is -2.36. The van der Waals surface area contributed by atoms with Gasteiger partial charge in [0.1, 0.15) is 24.2 Å². The number of anilines is 1. The standard InChI is InChI=1S/C32H31F2N3O4S/c1-2-35-32(39)30(21-24-11-5-3-6-12-24)36(22-25-13-9-10-16-29(25)34)31(38)23-37(27-14-7-4-8-15-27)42(40,41)28-19-17-26(33)18-20-28/h3-20,30H,2,21-23H2,1H3,(H,35,39)/t30-/m1/s1. The number of nitrogens with zero attached hydrogens (tertiary/aromatic N) is 2. The molecule has 0 aliphatic carbocycles. The first-order valence-electron chi connectivity index (χ1n) is 13.4. The van der Waals surface area contributed by atoms with Crippen LogP contribution in [0.15, 0.2) is 114 Å². The van der Waals surface area contributed by atoms with E-state index < -0.39 is 46.1 Å². The summed E-state index contributed by atoms with van der Waals surface area (Å²) in [6.07, 6.45) is 0.114. The fourth-order valence-corrected chi connectivity index (χ4v) is 5.93. The topological polar surface area (TPSA) is 86.8 Å². The first-order chi connectivity index (χ1) is 20.2. The Bertz CT molecular complexity index is 1600. The maximum atomic E-state index is 14.8. The first kappa shape index (κ1) is 30.4. The summed E-state index contributed by atoms with van der Waals surface area (Å²) in [5, 5.41) is 2.75. The molecular formula is C32H31F2N3O4S. The summed E-state index contributed by atoms with van der Waals surface area (Å²) in [4.78, 5) is 28.6. The van der Waals surface area contributed by atoms with E-state index in [1.54, 1.807) is 43.3 Å². The Hall–Kier alpha value is -4.57. The first-order valence-corrected chi connectivity index (χ1v) is 14.8. The molecule has 0 saturated heterocycles. The summed E-state index contributed by atoms with van der Waals surface area (Å²) in [6.45, 7) is 1.07. The molecule has 0 spiro atoms. The van der Waals surface area contributed by atoms with Crippen LogP contribution in [0.1, 0.15) is 18.1 Å². The molecule has 0 aliphatic heterocycles. The lowest BCUT2D eigenvalue weighted by Crippen LogP contribution is -2.53. The predicted octanol–water partition coefficient (Wildman–Crippen LogP) is 4.94. The largest absolute Gasteiger partial charge is 0.355 e. The molecule has 42 heavy (non-hydrogen) atoms. The number of carbonyl (C=O) groups is 2. The van der Waals surface area contributed by atoms with Gasteiger partial charge in [-0.05, 0) is 55.0 Å². The fourth-order valence-electron chi connectivity index (χ4n) is 4.51. The van der Waals surface area contributed by atoms with Gasteiger partial charge < -0.3 is 10.2 Å². The Balaban J connectivity index is 1.78. The van der Waals surface area contributed by atoms with Crippen molar-refractivity contribution in [3.63, 3.8) is 0 Å². The van der Waals surface area contributed by atoms with Crippen LogP contribution in [0.2, 0.25) is 0 Å². The van der Waals surface area contributed by atoms with E-state index in [2.05, 4.69) is 5.32 Å². The third-order valence-electron chi connectivity index (χ3n) is 6.65. The van der Waals surface area contributed by atoms with Crippen LogP contribution in [0.5, 0.6) is 0 Å². The number of para-hydroxylation sites is 1. The molecule has 218 valence electrons. The minimum absolute atomic E-state index is 0.114. The minimum atomic E-state index is -4.35. The molecule has 0 aromatic heterocycles. The van der Waals surface area contributed by atoms with Gasteiger partial charge >= 0.3 is 0 Å². The molecule has 0 saturated carbocycles. The van der Waals surface area contributed by atoms with Crippen molar-refractivity contribution in [1.29, 1.82) is 0 Å². The van der Waals surface area contributed by atoms with Gasteiger partial charge in [0.05, 0.1) is 10.6 Å². The quantitative estimate of drug-likeness (QED) is 0.253. The van der Waals surface area contributed by atoms with Crippen LogP contribution >= 0.6 is 0 Å². The van der Waals surface area contributed by atoms with Crippen molar-refractivity contribution in [2.45, 2.75) is 30.8 Å². The number of nitrogens with one attached hydrogen (secondary N) is 1. The predicted molar refractivity (Wildman–Crippen MR) is 157 cm³/mol. The Labute approximate surface area is 244 Å². The highest BCUT2D eigenvalue weighted by Gasteiger charge is 2.34. The third-order valence-corrected chi connectivity index (χ3v) is 8.43. The summed E-state index contributed by atoms with van der Waals surface area (Å²) in [6, 6.07) is 26.2. The van der Waals surface area contributed by atoms with Gasteiger partial charge in [0.2, 0.25) is 11.8 Å². The molecule has 4 aromatic rings. The van der Waals surface area contributed by atoms with E-state index in [9.17, 15) is 26.8 Å². The van der Waals surface area contributed by atoms with Gasteiger partial charge in [0, 0.05) is 25.1 Å². The van der Waals surface area contributed by atoms with Crippen LogP contribution in [0.3, 0.4) is 0 Å². The average Bonchev–Trinajstić information content (AvgIpc) is 2.99. The number of likely N-dealkylation sites (N-methyl/N-ethyl adjacent to an activating group) is 1. The van der Waals surface area contributed by atoms with Gasteiger partial charge in [0.15, 0.2) is 0 Å². The minimum Gasteiger partial charge on any atom is -0.355 e. The van der Waals surface area contributed by atoms with Gasteiger partial charge in [-0.2, -0.15) is 0 Å². The maximum Gasteiger partial charge on any atom is 0.264 e. The Morgan fingerprint density at radius 1 is 0.810 bits per heavy atom. The molecule has 0 radical (unpaired) electrons. The van der Waals surface area contributed by atoms with Crippen molar-refractivity contribution in [1.82, 2.24) is 10.2 Å². The van der Waals surface area contributed by atoms with Crippen molar-refractivity contribution in [2.24, 2.45) is 0 Å². The van der Waals surface area contributed by atoms with Crippen molar-refractivity contribution < 1.29 is 26.8 Å². The van der Waals surface area contributed by atoms with Gasteiger partial charge in [-0.3, -0.25) is 13.9 Å². The number of hydrogen-bond donors (Lipinski definition) is 1. The monoisotopic (exact) mass is 591 g/mol. The normalized spacial score (nSPS) is 11.9. The van der Waals surface area contributed by atoms with Crippen LogP contribution in [0.25, 0.3) is 0 Å². The molecule has 2 amide bonds. The fraction of sp³-hybridized carbons (Fsp3) is 0.188. The van der Waals surface area contributed by atoms with Gasteiger partial charge in [-0.1, -0.05) is 66.7 Å². The lowest BCUT2D eigenvalue weighted by Gasteiger charge is -2.33. The van der Waals surface area contributed by atoms with Crippen LogP contribution in [0.4, 0.5) is 14.5 Å². The van der Waals surface area contributed by atoms with Crippen molar-refractivity contribution in [2.75, 3.05) is 17.4 Å². The second-order valence-corrected chi connectivity index (χ2v) is 11.4. The molecule has 0 bridgehead atoms. The van der Waals surface area contributed by atoms with Crippen LogP contribution in [-0.2, 0) is 32.6 Å². The number of rotatable bonds is 12. The summed E-state index contributed by atoms with van der Waals surface area (Å²) < 4.78 is 57.0. The van der Waals surface area contributed by atoms with E-state index in [1.165, 1.54) is 35.2 Å². The average molecular weight is 592 g/mol. The molecule has 0 fully saturated rings. The number of halogens is 2. The zero-order valence-electron chi connectivity index (χ0n) is 23.0. The smallest absolute Gasteiger partial charge is 0.264 e. The second-order valence-electron chi connectivity index (χ2n) is 9.51. The number of benzene rings is 4. The zero-order chi connectivity index (χ0) is 30.1. The van der Waals surface area contributed by atoms with E-state index in [-0.39, 0.29) is 29.1 Å². The molecule has 4 rings (SSSR count). The number of amides is 2. The molecule has 0 heterocycles. The lowest BCUT2D eigenvalue weighted by atomic mass is 10.0. The van der Waals surface area contributed by atoms with Gasteiger partial charge in [-0.15, -0.1) is 0 Å². The van der Waals surface area contributed by atoms with Gasteiger partial charge in [0.25, 0.3) is 10.0 Å². The maximum absolute atomic E-state index is 14.8. The van der Waals surface area contributed by atoms with Crippen LogP contribution < -0.4 is 9.62 Å². The van der Waals surface area contributed by atoms with Crippen molar-refractivity contribution in [3.05, 3.63) is 132 Å². The lowest BCUT2D eigenvalue weighted by molar-refractivity contribution is -0.140. The number of carbonyl (C=O) groups excluding carboxylic acids is 2. The van der Waals surface area contributed by atoms with E-state index >= 15 is 0 Å². The van der Waals surface area contributed by atoms with E-state index in [1.807, 2.05) is 18.2 Å². The molecule has 1 N–H and O–H groups in total. The van der Waals surface area contributed by atoms with Crippen LogP contribution in [-0.4, -0.2) is 44.3 Å². The molecule has 10 heteroatoms. The molecule has 0 aliphatic rings. The van der Waals surface area contributed by atoms with Crippen molar-refractivity contribution in [3.8, 4) is 0 Å². The highest BCUT2D eigenvalue weighted by molar-refractivity contribution is 7.92. The summed E-state index contributed by atoms with van der Waals surface area (Å²) in [7, 11) is -4.35. The third kappa shape index (κ3) is 7.38.